The normalized spacial score (nSPS) is 9.95. The van der Waals surface area contributed by atoms with Crippen LogP contribution in [0.1, 0.15) is 10.4 Å². The molecule has 1 aromatic rings. The molecule has 1 aromatic carbocycles. The molecule has 2 N–H and O–H groups in total. The van der Waals surface area contributed by atoms with Crippen molar-refractivity contribution in [3.63, 3.8) is 0 Å². The maximum Gasteiger partial charge on any atom is 0.335 e. The lowest BCUT2D eigenvalue weighted by Gasteiger charge is -2.18. The van der Waals surface area contributed by atoms with Crippen LogP contribution in [0.15, 0.2) is 18.2 Å². The van der Waals surface area contributed by atoms with Crippen molar-refractivity contribution in [1.82, 2.24) is 4.90 Å². The Morgan fingerprint density at radius 1 is 1.45 bits per heavy atom. The molecule has 6 nitrogen and oxygen atoms in total. The average Bonchev–Trinajstić information content (AvgIpc) is 2.44. The van der Waals surface area contributed by atoms with Crippen LogP contribution < -0.4 is 10.1 Å². The largest absolute Gasteiger partial charge is 0.495 e. The molecule has 1 rings (SSSR count). The van der Waals surface area contributed by atoms with Crippen molar-refractivity contribution in [3.05, 3.63) is 23.8 Å². The molecule has 0 aliphatic rings. The van der Waals surface area contributed by atoms with E-state index in [-0.39, 0.29) is 11.6 Å². The molecule has 0 bridgehead atoms. The summed E-state index contributed by atoms with van der Waals surface area (Å²) in [5.41, 5.74) is 0.432. The predicted molar refractivity (Wildman–Crippen MR) is 80.0 cm³/mol. The molecule has 0 radical (unpaired) electrons. The molecule has 0 atom stereocenters. The number of carbonyl (C=O) groups is 2. The second-order valence-corrected chi connectivity index (χ2v) is 5.05. The van der Waals surface area contributed by atoms with E-state index < -0.39 is 5.97 Å². The number of carboxylic acids is 1. The van der Waals surface area contributed by atoms with E-state index >= 15 is 0 Å². The van der Waals surface area contributed by atoms with Gasteiger partial charge < -0.3 is 20.1 Å². The number of carboxylic acid groups (broad SMARTS) is 1. The van der Waals surface area contributed by atoms with Gasteiger partial charge in [-0.1, -0.05) is 0 Å². The van der Waals surface area contributed by atoms with Crippen LogP contribution in [-0.2, 0) is 0 Å². The zero-order valence-corrected chi connectivity index (χ0v) is 12.5. The fourth-order valence-electron chi connectivity index (χ4n) is 1.48. The van der Waals surface area contributed by atoms with Crippen LogP contribution in [-0.4, -0.2) is 54.7 Å². The van der Waals surface area contributed by atoms with E-state index in [1.807, 2.05) is 6.26 Å². The maximum atomic E-state index is 12.0. The number of urea groups is 1. The molecule has 0 saturated carbocycles. The van der Waals surface area contributed by atoms with Crippen molar-refractivity contribution >= 4 is 29.4 Å². The van der Waals surface area contributed by atoms with E-state index in [4.69, 9.17) is 9.84 Å². The number of hydrogen-bond donors (Lipinski definition) is 2. The number of nitrogens with zero attached hydrogens (tertiary/aromatic N) is 1. The molecule has 0 saturated heterocycles. The Kier molecular flexibility index (Phi) is 6.17. The molecule has 0 fully saturated rings. The summed E-state index contributed by atoms with van der Waals surface area (Å²) in [6.45, 7) is 0.605. The highest BCUT2D eigenvalue weighted by Crippen LogP contribution is 2.25. The van der Waals surface area contributed by atoms with E-state index in [0.29, 0.717) is 18.0 Å². The van der Waals surface area contributed by atoms with Crippen LogP contribution in [0, 0.1) is 0 Å². The molecule has 0 heterocycles. The third-order valence-electron chi connectivity index (χ3n) is 2.67. The zero-order chi connectivity index (χ0) is 15.1. The topological polar surface area (TPSA) is 78.9 Å². The molecule has 7 heteroatoms. The summed E-state index contributed by atoms with van der Waals surface area (Å²) in [5.74, 6) is 0.191. The van der Waals surface area contributed by atoms with Gasteiger partial charge in [0, 0.05) is 19.3 Å². The van der Waals surface area contributed by atoms with E-state index in [2.05, 4.69) is 5.32 Å². The Bertz CT molecular complexity index is 493. The molecule has 0 aromatic heterocycles. The number of amides is 2. The number of hydrogen-bond acceptors (Lipinski definition) is 4. The van der Waals surface area contributed by atoms with Crippen LogP contribution in [0.2, 0.25) is 0 Å². The first-order valence-corrected chi connectivity index (χ1v) is 7.31. The van der Waals surface area contributed by atoms with Crippen molar-refractivity contribution in [3.8, 4) is 5.75 Å². The van der Waals surface area contributed by atoms with Crippen molar-refractivity contribution in [2.24, 2.45) is 0 Å². The smallest absolute Gasteiger partial charge is 0.335 e. The van der Waals surface area contributed by atoms with Gasteiger partial charge >= 0.3 is 12.0 Å². The third-order valence-corrected chi connectivity index (χ3v) is 3.26. The van der Waals surface area contributed by atoms with Gasteiger partial charge in [-0.3, -0.25) is 0 Å². The number of aromatic carboxylic acids is 1. The van der Waals surface area contributed by atoms with Crippen LogP contribution >= 0.6 is 11.8 Å². The third kappa shape index (κ3) is 4.34. The van der Waals surface area contributed by atoms with Gasteiger partial charge in [-0.05, 0) is 24.5 Å². The average molecular weight is 298 g/mol. The van der Waals surface area contributed by atoms with Crippen molar-refractivity contribution < 1.29 is 19.4 Å². The number of carbonyl (C=O) groups excluding carboxylic acids is 1. The highest BCUT2D eigenvalue weighted by Gasteiger charge is 2.14. The van der Waals surface area contributed by atoms with E-state index in [0.717, 1.165) is 5.75 Å². The van der Waals surface area contributed by atoms with E-state index in [9.17, 15) is 9.59 Å². The molecular formula is C13H18N2O4S. The Hall–Kier alpha value is -1.89. The Morgan fingerprint density at radius 3 is 2.70 bits per heavy atom. The summed E-state index contributed by atoms with van der Waals surface area (Å²) in [6.07, 6.45) is 1.96. The van der Waals surface area contributed by atoms with Crippen LogP contribution in [0.4, 0.5) is 10.5 Å². The lowest BCUT2D eigenvalue weighted by Crippen LogP contribution is -2.33. The predicted octanol–water partition coefficient (Wildman–Crippen LogP) is 2.22. The van der Waals surface area contributed by atoms with Gasteiger partial charge in [0.1, 0.15) is 5.75 Å². The minimum atomic E-state index is -1.06. The van der Waals surface area contributed by atoms with Gasteiger partial charge in [-0.15, -0.1) is 0 Å². The summed E-state index contributed by atoms with van der Waals surface area (Å²) < 4.78 is 5.11. The van der Waals surface area contributed by atoms with Gasteiger partial charge in [-0.25, -0.2) is 9.59 Å². The van der Waals surface area contributed by atoms with Gasteiger partial charge in [0.15, 0.2) is 0 Å². The number of thioether (sulfide) groups is 1. The molecule has 0 aliphatic heterocycles. The summed E-state index contributed by atoms with van der Waals surface area (Å²) >= 11 is 1.64. The Balaban J connectivity index is 2.86. The first-order valence-electron chi connectivity index (χ1n) is 5.92. The lowest BCUT2D eigenvalue weighted by molar-refractivity contribution is 0.0697. The van der Waals surface area contributed by atoms with Crippen LogP contribution in [0.25, 0.3) is 0 Å². The van der Waals surface area contributed by atoms with Crippen molar-refractivity contribution in [2.75, 3.05) is 38.0 Å². The molecule has 2 amide bonds. The SMILES string of the molecule is COc1ccc(C(=O)O)cc1NC(=O)N(C)CCSC. The number of ether oxygens (including phenoxy) is 1. The van der Waals surface area contributed by atoms with Crippen molar-refractivity contribution in [1.29, 1.82) is 0 Å². The zero-order valence-electron chi connectivity index (χ0n) is 11.7. The maximum absolute atomic E-state index is 12.0. The quantitative estimate of drug-likeness (QED) is 0.842. The van der Waals surface area contributed by atoms with Crippen molar-refractivity contribution in [2.45, 2.75) is 0 Å². The Morgan fingerprint density at radius 2 is 2.15 bits per heavy atom. The summed E-state index contributed by atoms with van der Waals surface area (Å²) in [7, 11) is 3.14. The number of nitrogens with one attached hydrogen (secondary N) is 1. The Labute approximate surface area is 122 Å². The fraction of sp³-hybridized carbons (Fsp3) is 0.385. The van der Waals surface area contributed by atoms with Gasteiger partial charge in [0.05, 0.1) is 18.4 Å². The summed E-state index contributed by atoms with van der Waals surface area (Å²) in [4.78, 5) is 24.4. The molecule has 110 valence electrons. The van der Waals surface area contributed by atoms with E-state index in [1.165, 1.54) is 30.2 Å². The number of rotatable bonds is 6. The molecule has 0 spiro atoms. The van der Waals surface area contributed by atoms with E-state index in [1.54, 1.807) is 18.8 Å². The molecule has 20 heavy (non-hydrogen) atoms. The minimum Gasteiger partial charge on any atom is -0.495 e. The van der Waals surface area contributed by atoms with Gasteiger partial charge in [0.25, 0.3) is 0 Å². The van der Waals surface area contributed by atoms with Gasteiger partial charge in [0.2, 0.25) is 0 Å². The first kappa shape index (κ1) is 16.2. The highest BCUT2D eigenvalue weighted by atomic mass is 32.2. The minimum absolute atomic E-state index is 0.0906. The van der Waals surface area contributed by atoms with Gasteiger partial charge in [-0.2, -0.15) is 11.8 Å². The number of anilines is 1. The highest BCUT2D eigenvalue weighted by molar-refractivity contribution is 7.98. The summed E-state index contributed by atoms with van der Waals surface area (Å²) in [6, 6.07) is 4.01. The molecule has 0 unspecified atom stereocenters. The van der Waals surface area contributed by atoms with Crippen LogP contribution in [0.3, 0.4) is 0 Å². The fourth-order valence-corrected chi connectivity index (χ4v) is 1.94. The standard InChI is InChI=1S/C13H18N2O4S/c1-15(6-7-20-3)13(18)14-10-8-9(12(16)17)4-5-11(10)19-2/h4-5,8H,6-7H2,1-3H3,(H,14,18)(H,16,17). The first-order chi connectivity index (χ1) is 9.49. The second-order valence-electron chi connectivity index (χ2n) is 4.06. The monoisotopic (exact) mass is 298 g/mol. The number of benzene rings is 1. The summed E-state index contributed by atoms with van der Waals surface area (Å²) in [5, 5.41) is 11.6. The second kappa shape index (κ2) is 7.64. The molecular weight excluding hydrogens is 280 g/mol. The number of methoxy groups -OCH3 is 1. The lowest BCUT2D eigenvalue weighted by atomic mass is 10.2. The van der Waals surface area contributed by atoms with Crippen LogP contribution in [0.5, 0.6) is 5.75 Å². The molecule has 0 aliphatic carbocycles.